The lowest BCUT2D eigenvalue weighted by molar-refractivity contribution is -0.123. The van der Waals surface area contributed by atoms with E-state index in [9.17, 15) is 9.90 Å². The molecule has 1 aromatic rings. The molecular formula is C16H25ClN2O2. The van der Waals surface area contributed by atoms with E-state index in [0.29, 0.717) is 13.0 Å². The van der Waals surface area contributed by atoms with Crippen LogP contribution in [0.3, 0.4) is 0 Å². The average Bonchev–Trinajstić information content (AvgIpc) is 2.43. The summed E-state index contributed by atoms with van der Waals surface area (Å²) in [5.74, 6) is 0.298. The molecule has 1 heterocycles. The molecule has 0 spiro atoms. The van der Waals surface area contributed by atoms with Gasteiger partial charge in [-0.05, 0) is 36.8 Å². The van der Waals surface area contributed by atoms with Crippen LogP contribution < -0.4 is 10.6 Å². The Morgan fingerprint density at radius 1 is 1.43 bits per heavy atom. The number of aliphatic hydroxyl groups is 1. The second-order valence-electron chi connectivity index (χ2n) is 5.77. The summed E-state index contributed by atoms with van der Waals surface area (Å²) in [7, 11) is 0. The zero-order valence-corrected chi connectivity index (χ0v) is 13.5. The van der Waals surface area contributed by atoms with Gasteiger partial charge in [0.05, 0.1) is 6.10 Å². The fraction of sp³-hybridized carbons (Fsp3) is 0.562. The zero-order valence-electron chi connectivity index (χ0n) is 12.6. The summed E-state index contributed by atoms with van der Waals surface area (Å²) in [6.45, 7) is 5.24. The molecule has 0 saturated heterocycles. The van der Waals surface area contributed by atoms with E-state index in [1.807, 2.05) is 25.1 Å². The summed E-state index contributed by atoms with van der Waals surface area (Å²) >= 11 is 0. The Bertz CT molecular complexity index is 465. The van der Waals surface area contributed by atoms with Crippen molar-refractivity contribution in [1.29, 1.82) is 0 Å². The van der Waals surface area contributed by atoms with Gasteiger partial charge in [0.15, 0.2) is 0 Å². The number of rotatable bonds is 5. The number of benzene rings is 1. The molecule has 1 aromatic carbocycles. The summed E-state index contributed by atoms with van der Waals surface area (Å²) < 4.78 is 0. The van der Waals surface area contributed by atoms with Crippen molar-refractivity contribution >= 4 is 18.3 Å². The van der Waals surface area contributed by atoms with Crippen molar-refractivity contribution in [1.82, 2.24) is 10.6 Å². The highest BCUT2D eigenvalue weighted by Crippen LogP contribution is 2.22. The number of carbonyl (C=O) groups excluding carboxylic acids is 1. The van der Waals surface area contributed by atoms with Crippen LogP contribution in [0.2, 0.25) is 0 Å². The van der Waals surface area contributed by atoms with Gasteiger partial charge in [0, 0.05) is 13.1 Å². The van der Waals surface area contributed by atoms with E-state index in [-0.39, 0.29) is 36.4 Å². The van der Waals surface area contributed by atoms with Gasteiger partial charge in [-0.3, -0.25) is 4.79 Å². The molecule has 4 nitrogen and oxygen atoms in total. The summed E-state index contributed by atoms with van der Waals surface area (Å²) in [6.07, 6.45) is 1.35. The van der Waals surface area contributed by atoms with Crippen molar-refractivity contribution in [3.63, 3.8) is 0 Å². The molecule has 0 aliphatic carbocycles. The van der Waals surface area contributed by atoms with Crippen LogP contribution in [0.4, 0.5) is 0 Å². The summed E-state index contributed by atoms with van der Waals surface area (Å²) in [5, 5.41) is 15.6. The molecule has 0 aromatic heterocycles. The maximum absolute atomic E-state index is 12.3. The van der Waals surface area contributed by atoms with E-state index >= 15 is 0 Å². The van der Waals surface area contributed by atoms with Crippen molar-refractivity contribution in [2.45, 2.75) is 38.8 Å². The zero-order chi connectivity index (χ0) is 14.5. The van der Waals surface area contributed by atoms with Gasteiger partial charge in [-0.15, -0.1) is 12.4 Å². The van der Waals surface area contributed by atoms with Gasteiger partial charge in [0.25, 0.3) is 0 Å². The van der Waals surface area contributed by atoms with Crippen molar-refractivity contribution in [2.75, 3.05) is 13.1 Å². The number of amides is 1. The number of hydrogen-bond donors (Lipinski definition) is 3. The second-order valence-corrected chi connectivity index (χ2v) is 5.77. The third-order valence-corrected chi connectivity index (χ3v) is 3.74. The lowest BCUT2D eigenvalue weighted by Gasteiger charge is -2.26. The van der Waals surface area contributed by atoms with Gasteiger partial charge < -0.3 is 15.7 Å². The summed E-state index contributed by atoms with van der Waals surface area (Å²) in [4.78, 5) is 12.3. The molecule has 0 saturated carbocycles. The lowest BCUT2D eigenvalue weighted by Crippen LogP contribution is -2.42. The third kappa shape index (κ3) is 4.99. The molecular weight excluding hydrogens is 288 g/mol. The molecule has 2 rings (SSSR count). The first-order valence-corrected chi connectivity index (χ1v) is 7.35. The van der Waals surface area contributed by atoms with E-state index in [0.717, 1.165) is 18.5 Å². The standard InChI is InChI=1S/C16H24N2O2.ClH/c1-11(9-12(2)19)10-18-16(20)15-14-6-4-3-5-13(14)7-8-17-15;/h3-6,11-12,15,17,19H,7-10H2,1-2H3,(H,18,20);1H. The number of halogens is 1. The first-order valence-electron chi connectivity index (χ1n) is 7.35. The Kier molecular flexibility index (Phi) is 7.15. The monoisotopic (exact) mass is 312 g/mol. The van der Waals surface area contributed by atoms with Gasteiger partial charge in [-0.1, -0.05) is 31.2 Å². The lowest BCUT2D eigenvalue weighted by atomic mass is 9.94. The van der Waals surface area contributed by atoms with E-state index < -0.39 is 0 Å². The van der Waals surface area contributed by atoms with Crippen LogP contribution in [0, 0.1) is 5.92 Å². The minimum Gasteiger partial charge on any atom is -0.393 e. The van der Waals surface area contributed by atoms with Crippen LogP contribution in [0.1, 0.15) is 37.4 Å². The van der Waals surface area contributed by atoms with Crippen molar-refractivity contribution in [3.8, 4) is 0 Å². The molecule has 0 fully saturated rings. The number of aliphatic hydroxyl groups excluding tert-OH is 1. The van der Waals surface area contributed by atoms with Crippen molar-refractivity contribution in [3.05, 3.63) is 35.4 Å². The fourth-order valence-corrected chi connectivity index (χ4v) is 2.78. The SMILES string of the molecule is CC(O)CC(C)CNC(=O)C1NCCc2ccccc21.Cl. The molecule has 3 unspecified atom stereocenters. The molecule has 3 atom stereocenters. The number of hydrogen-bond acceptors (Lipinski definition) is 3. The summed E-state index contributed by atoms with van der Waals surface area (Å²) in [6, 6.07) is 7.85. The normalized spacial score (nSPS) is 19.9. The largest absolute Gasteiger partial charge is 0.393 e. The molecule has 0 bridgehead atoms. The highest BCUT2D eigenvalue weighted by molar-refractivity contribution is 5.85. The molecule has 3 N–H and O–H groups in total. The van der Waals surface area contributed by atoms with Crippen LogP contribution in [-0.2, 0) is 11.2 Å². The van der Waals surface area contributed by atoms with E-state index in [1.165, 1.54) is 5.56 Å². The van der Waals surface area contributed by atoms with Crippen molar-refractivity contribution < 1.29 is 9.90 Å². The predicted octanol–water partition coefficient (Wildman–Crippen LogP) is 1.82. The summed E-state index contributed by atoms with van der Waals surface area (Å²) in [5.41, 5.74) is 2.34. The van der Waals surface area contributed by atoms with E-state index in [4.69, 9.17) is 0 Å². The fourth-order valence-electron chi connectivity index (χ4n) is 2.78. The maximum Gasteiger partial charge on any atom is 0.241 e. The Balaban J connectivity index is 0.00000220. The van der Waals surface area contributed by atoms with E-state index in [1.54, 1.807) is 6.92 Å². The maximum atomic E-state index is 12.3. The predicted molar refractivity (Wildman–Crippen MR) is 86.6 cm³/mol. The third-order valence-electron chi connectivity index (χ3n) is 3.74. The Morgan fingerprint density at radius 2 is 2.14 bits per heavy atom. The topological polar surface area (TPSA) is 61.4 Å². The molecule has 1 aliphatic rings. The Morgan fingerprint density at radius 3 is 2.86 bits per heavy atom. The quantitative estimate of drug-likeness (QED) is 0.777. The highest BCUT2D eigenvalue weighted by atomic mass is 35.5. The van der Waals surface area contributed by atoms with Gasteiger partial charge in [0.2, 0.25) is 5.91 Å². The molecule has 21 heavy (non-hydrogen) atoms. The highest BCUT2D eigenvalue weighted by Gasteiger charge is 2.25. The minimum absolute atomic E-state index is 0. The van der Waals surface area contributed by atoms with Gasteiger partial charge >= 0.3 is 0 Å². The second kappa shape index (κ2) is 8.37. The number of fused-ring (bicyclic) bond motifs is 1. The number of carbonyl (C=O) groups is 1. The molecule has 1 amide bonds. The number of nitrogens with one attached hydrogen (secondary N) is 2. The van der Waals surface area contributed by atoms with Gasteiger partial charge in [-0.2, -0.15) is 0 Å². The first kappa shape index (κ1) is 18.0. The molecule has 5 heteroatoms. The smallest absolute Gasteiger partial charge is 0.241 e. The van der Waals surface area contributed by atoms with Gasteiger partial charge in [-0.25, -0.2) is 0 Å². The van der Waals surface area contributed by atoms with Crippen LogP contribution >= 0.6 is 12.4 Å². The van der Waals surface area contributed by atoms with Crippen LogP contribution in [0.5, 0.6) is 0 Å². The average molecular weight is 313 g/mol. The van der Waals surface area contributed by atoms with E-state index in [2.05, 4.69) is 16.7 Å². The molecule has 1 aliphatic heterocycles. The van der Waals surface area contributed by atoms with Crippen molar-refractivity contribution in [2.24, 2.45) is 5.92 Å². The Labute approximate surface area is 132 Å². The van der Waals surface area contributed by atoms with Crippen LogP contribution in [-0.4, -0.2) is 30.2 Å². The first-order chi connectivity index (χ1) is 9.58. The molecule has 0 radical (unpaired) electrons. The molecule has 118 valence electrons. The van der Waals surface area contributed by atoms with Crippen LogP contribution in [0.15, 0.2) is 24.3 Å². The minimum atomic E-state index is -0.324. The Hall–Kier alpha value is -1.10. The van der Waals surface area contributed by atoms with Gasteiger partial charge in [0.1, 0.15) is 6.04 Å². The van der Waals surface area contributed by atoms with Crippen LogP contribution in [0.25, 0.3) is 0 Å².